The smallest absolute Gasteiger partial charge is 0.233 e. The van der Waals surface area contributed by atoms with E-state index in [9.17, 15) is 13.2 Å². The summed E-state index contributed by atoms with van der Waals surface area (Å²) in [5.41, 5.74) is 4.78. The summed E-state index contributed by atoms with van der Waals surface area (Å²) in [5.74, 6) is -0.474. The van der Waals surface area contributed by atoms with Gasteiger partial charge in [-0.05, 0) is 12.8 Å². The van der Waals surface area contributed by atoms with Gasteiger partial charge in [0.05, 0.1) is 10.7 Å². The van der Waals surface area contributed by atoms with Gasteiger partial charge in [-0.25, -0.2) is 12.7 Å². The van der Waals surface area contributed by atoms with E-state index in [2.05, 4.69) is 5.32 Å². The molecular weight excluding hydrogens is 302 g/mol. The average Bonchev–Trinajstić information content (AvgIpc) is 2.38. The van der Waals surface area contributed by atoms with Gasteiger partial charge in [-0.15, -0.1) is 0 Å². The molecule has 1 rings (SSSR count). The second-order valence-electron chi connectivity index (χ2n) is 4.91. The molecule has 20 heavy (non-hydrogen) atoms. The molecule has 1 saturated heterocycles. The summed E-state index contributed by atoms with van der Waals surface area (Å²) in [6.45, 7) is 0.867. The molecule has 0 aromatic carbocycles. The Bertz CT molecular complexity index is 470. The van der Waals surface area contributed by atoms with E-state index in [1.807, 2.05) is 0 Å². The summed E-state index contributed by atoms with van der Waals surface area (Å²) in [6, 6.07) is 0. The Balaban J connectivity index is 2.63. The van der Waals surface area contributed by atoms with Gasteiger partial charge in [-0.3, -0.25) is 4.79 Å². The lowest BCUT2D eigenvalue weighted by molar-refractivity contribution is -0.131. The molecule has 9 heteroatoms. The number of nitrogens with one attached hydrogen (secondary N) is 1. The average molecular weight is 323 g/mol. The van der Waals surface area contributed by atoms with Crippen molar-refractivity contribution in [3.05, 3.63) is 0 Å². The van der Waals surface area contributed by atoms with Gasteiger partial charge < -0.3 is 15.8 Å². The fourth-order valence-corrected chi connectivity index (χ4v) is 2.97. The highest BCUT2D eigenvalue weighted by Gasteiger charge is 2.42. The molecule has 0 aliphatic carbocycles. The van der Waals surface area contributed by atoms with Crippen LogP contribution in [0.25, 0.3) is 0 Å². The van der Waals surface area contributed by atoms with Gasteiger partial charge in [0, 0.05) is 33.9 Å². The van der Waals surface area contributed by atoms with Crippen molar-refractivity contribution in [2.45, 2.75) is 12.8 Å². The number of carbonyl (C=O) groups excluding carboxylic acids is 1. The van der Waals surface area contributed by atoms with E-state index in [-0.39, 0.29) is 23.2 Å². The lowest BCUT2D eigenvalue weighted by atomic mass is 9.79. The van der Waals surface area contributed by atoms with E-state index < -0.39 is 15.4 Å². The molecule has 7 nitrogen and oxygen atoms in total. The minimum atomic E-state index is -3.33. The fraction of sp³-hybridized carbons (Fsp3) is 0.818. The zero-order valence-electron chi connectivity index (χ0n) is 11.7. The number of sulfonamides is 1. The van der Waals surface area contributed by atoms with Crippen molar-refractivity contribution in [1.82, 2.24) is 9.62 Å². The molecule has 0 bridgehead atoms. The van der Waals surface area contributed by atoms with Crippen LogP contribution in [0, 0.1) is 5.41 Å². The van der Waals surface area contributed by atoms with Crippen LogP contribution in [0.4, 0.5) is 0 Å². The molecule has 0 aromatic heterocycles. The zero-order chi connectivity index (χ0) is 15.4. The number of rotatable bonds is 6. The van der Waals surface area contributed by atoms with Gasteiger partial charge >= 0.3 is 0 Å². The lowest BCUT2D eigenvalue weighted by Crippen LogP contribution is -2.52. The summed E-state index contributed by atoms with van der Waals surface area (Å²) >= 11 is 5.00. The molecular formula is C11H21N3O4S2. The molecule has 0 radical (unpaired) electrons. The minimum absolute atomic E-state index is 0.0323. The first-order valence-corrected chi connectivity index (χ1v) is 8.30. The molecule has 1 fully saturated rings. The van der Waals surface area contributed by atoms with Crippen molar-refractivity contribution >= 4 is 33.1 Å². The number of amides is 1. The second-order valence-corrected chi connectivity index (χ2v) is 7.66. The van der Waals surface area contributed by atoms with E-state index >= 15 is 0 Å². The Hall–Kier alpha value is -0.770. The lowest BCUT2D eigenvalue weighted by Gasteiger charge is -2.34. The topological polar surface area (TPSA) is 102 Å². The number of ether oxygens (including phenoxy) is 1. The molecule has 1 heterocycles. The maximum Gasteiger partial charge on any atom is 0.233 e. The second kappa shape index (κ2) is 6.79. The van der Waals surface area contributed by atoms with Crippen molar-refractivity contribution in [3.8, 4) is 0 Å². The molecule has 0 aromatic rings. The van der Waals surface area contributed by atoms with Gasteiger partial charge in [0.15, 0.2) is 0 Å². The van der Waals surface area contributed by atoms with Gasteiger partial charge in [-0.2, -0.15) is 0 Å². The summed E-state index contributed by atoms with van der Waals surface area (Å²) in [4.78, 5) is 12.4. The molecule has 116 valence electrons. The Kier molecular flexibility index (Phi) is 5.87. The monoisotopic (exact) mass is 323 g/mol. The van der Waals surface area contributed by atoms with Crippen molar-refractivity contribution in [3.63, 3.8) is 0 Å². The van der Waals surface area contributed by atoms with Crippen LogP contribution in [0.1, 0.15) is 12.8 Å². The molecule has 0 saturated carbocycles. The van der Waals surface area contributed by atoms with Crippen molar-refractivity contribution in [2.24, 2.45) is 11.1 Å². The van der Waals surface area contributed by atoms with E-state index in [4.69, 9.17) is 22.7 Å². The SMILES string of the molecule is CN(C)S(=O)(=O)CCNC(=O)C1(C(N)=S)CCOCC1. The highest BCUT2D eigenvalue weighted by Crippen LogP contribution is 2.31. The number of nitrogens with two attached hydrogens (primary N) is 1. The summed E-state index contributed by atoms with van der Waals surface area (Å²) < 4.78 is 29.6. The first kappa shape index (κ1) is 17.3. The van der Waals surface area contributed by atoms with Crippen LogP contribution in [0.5, 0.6) is 0 Å². The van der Waals surface area contributed by atoms with Gasteiger partial charge in [0.25, 0.3) is 0 Å². The van der Waals surface area contributed by atoms with E-state index in [1.165, 1.54) is 14.1 Å². The number of hydrogen-bond donors (Lipinski definition) is 2. The van der Waals surface area contributed by atoms with Crippen LogP contribution in [0.15, 0.2) is 0 Å². The number of thiocarbonyl (C=S) groups is 1. The van der Waals surface area contributed by atoms with Crippen LogP contribution >= 0.6 is 12.2 Å². The number of carbonyl (C=O) groups is 1. The maximum absolute atomic E-state index is 12.3. The third kappa shape index (κ3) is 3.87. The van der Waals surface area contributed by atoms with E-state index in [0.717, 1.165) is 4.31 Å². The standard InChI is InChI=1S/C11H21N3O4S2/c1-14(2)20(16,17)8-5-13-10(15)11(9(12)19)3-6-18-7-4-11/h3-8H2,1-2H3,(H2,12,19)(H,13,15). The normalized spacial score (nSPS) is 18.8. The summed E-state index contributed by atoms with van der Waals surface area (Å²) in [5, 5.41) is 2.62. The third-order valence-electron chi connectivity index (χ3n) is 3.45. The molecule has 1 aliphatic rings. The van der Waals surface area contributed by atoms with Gasteiger partial charge in [-0.1, -0.05) is 12.2 Å². The first-order chi connectivity index (χ1) is 9.22. The fourth-order valence-electron chi connectivity index (χ4n) is 1.95. The molecule has 1 amide bonds. The Morgan fingerprint density at radius 3 is 2.40 bits per heavy atom. The number of nitrogens with zero attached hydrogens (tertiary/aromatic N) is 1. The van der Waals surface area contributed by atoms with E-state index in [1.54, 1.807) is 0 Å². The Morgan fingerprint density at radius 1 is 1.40 bits per heavy atom. The van der Waals surface area contributed by atoms with Crippen LogP contribution < -0.4 is 11.1 Å². The first-order valence-electron chi connectivity index (χ1n) is 6.28. The maximum atomic E-state index is 12.3. The predicted molar refractivity (Wildman–Crippen MR) is 79.8 cm³/mol. The van der Waals surface area contributed by atoms with Crippen molar-refractivity contribution in [2.75, 3.05) is 39.6 Å². The molecule has 0 spiro atoms. The highest BCUT2D eigenvalue weighted by atomic mass is 32.2. The minimum Gasteiger partial charge on any atom is -0.392 e. The summed E-state index contributed by atoms with van der Waals surface area (Å²) in [7, 11) is -0.434. The third-order valence-corrected chi connectivity index (χ3v) is 5.68. The summed E-state index contributed by atoms with van der Waals surface area (Å²) in [6.07, 6.45) is 0.850. The largest absolute Gasteiger partial charge is 0.392 e. The van der Waals surface area contributed by atoms with Crippen LogP contribution in [0.2, 0.25) is 0 Å². The van der Waals surface area contributed by atoms with Crippen molar-refractivity contribution < 1.29 is 17.9 Å². The zero-order valence-corrected chi connectivity index (χ0v) is 13.3. The van der Waals surface area contributed by atoms with Crippen LogP contribution in [-0.4, -0.2) is 63.2 Å². The van der Waals surface area contributed by atoms with Crippen LogP contribution in [0.3, 0.4) is 0 Å². The Labute approximate surface area is 124 Å². The van der Waals surface area contributed by atoms with Crippen molar-refractivity contribution in [1.29, 1.82) is 0 Å². The molecule has 0 atom stereocenters. The predicted octanol–water partition coefficient (Wildman–Crippen LogP) is -0.923. The highest BCUT2D eigenvalue weighted by molar-refractivity contribution is 7.89. The Morgan fingerprint density at radius 2 is 1.95 bits per heavy atom. The van der Waals surface area contributed by atoms with E-state index in [0.29, 0.717) is 26.1 Å². The molecule has 1 aliphatic heterocycles. The molecule has 3 N–H and O–H groups in total. The molecule has 0 unspecified atom stereocenters. The number of hydrogen-bond acceptors (Lipinski definition) is 5. The van der Waals surface area contributed by atoms with Crippen LogP contribution in [-0.2, 0) is 19.6 Å². The van der Waals surface area contributed by atoms with Gasteiger partial charge in [0.1, 0.15) is 5.41 Å². The van der Waals surface area contributed by atoms with Gasteiger partial charge in [0.2, 0.25) is 15.9 Å². The quantitative estimate of drug-likeness (QED) is 0.613.